The Bertz CT molecular complexity index is 791. The molecule has 2 aromatic rings. The predicted molar refractivity (Wildman–Crippen MR) is 124 cm³/mol. The van der Waals surface area contributed by atoms with Crippen molar-refractivity contribution < 1.29 is 9.59 Å². The predicted octanol–water partition coefficient (Wildman–Crippen LogP) is 4.79. The number of amides is 2. The van der Waals surface area contributed by atoms with Gasteiger partial charge in [-0.1, -0.05) is 79.9 Å². The fourth-order valence-corrected chi connectivity index (χ4v) is 4.72. The van der Waals surface area contributed by atoms with E-state index >= 15 is 0 Å². The van der Waals surface area contributed by atoms with Gasteiger partial charge in [0.15, 0.2) is 0 Å². The van der Waals surface area contributed by atoms with Crippen molar-refractivity contribution in [3.8, 4) is 0 Å². The van der Waals surface area contributed by atoms with Crippen LogP contribution in [0.3, 0.4) is 0 Å². The van der Waals surface area contributed by atoms with Gasteiger partial charge in [0.1, 0.15) is 6.04 Å². The van der Waals surface area contributed by atoms with Gasteiger partial charge in [-0.2, -0.15) is 0 Å². The fourth-order valence-electron chi connectivity index (χ4n) is 3.84. The molecule has 5 heteroatoms. The fraction of sp³-hybridized carbons (Fsp3) is 0.440. The summed E-state index contributed by atoms with van der Waals surface area (Å²) < 4.78 is 0. The normalized spacial score (nSPS) is 15.4. The summed E-state index contributed by atoms with van der Waals surface area (Å²) >= 11 is 1.60. The van der Waals surface area contributed by atoms with Crippen LogP contribution >= 0.6 is 11.8 Å². The van der Waals surface area contributed by atoms with E-state index in [0.717, 1.165) is 24.2 Å². The Morgan fingerprint density at radius 3 is 2.20 bits per heavy atom. The SMILES string of the molecule is C[C@@H](C(=O)NC1CCCCC1)N(Cc1ccccc1)C(=O)CSCc1ccccc1. The van der Waals surface area contributed by atoms with Crippen molar-refractivity contribution in [2.45, 2.75) is 63.4 Å². The topological polar surface area (TPSA) is 49.4 Å². The molecule has 1 fully saturated rings. The van der Waals surface area contributed by atoms with Crippen molar-refractivity contribution in [1.82, 2.24) is 10.2 Å². The molecule has 4 nitrogen and oxygen atoms in total. The van der Waals surface area contributed by atoms with Gasteiger partial charge in [0.25, 0.3) is 0 Å². The number of thioether (sulfide) groups is 1. The van der Waals surface area contributed by atoms with Gasteiger partial charge in [-0.25, -0.2) is 0 Å². The van der Waals surface area contributed by atoms with Crippen LogP contribution in [0.4, 0.5) is 0 Å². The number of nitrogens with one attached hydrogen (secondary N) is 1. The molecule has 1 N–H and O–H groups in total. The van der Waals surface area contributed by atoms with Gasteiger partial charge in [-0.15, -0.1) is 11.8 Å². The molecule has 1 aliphatic rings. The zero-order chi connectivity index (χ0) is 21.2. The molecule has 1 atom stereocenters. The average molecular weight is 425 g/mol. The summed E-state index contributed by atoms with van der Waals surface area (Å²) in [6, 6.07) is 19.8. The molecule has 1 saturated carbocycles. The smallest absolute Gasteiger partial charge is 0.242 e. The third-order valence-electron chi connectivity index (χ3n) is 5.65. The number of hydrogen-bond acceptors (Lipinski definition) is 3. The monoisotopic (exact) mass is 424 g/mol. The second kappa shape index (κ2) is 11.8. The van der Waals surface area contributed by atoms with Crippen LogP contribution < -0.4 is 5.32 Å². The summed E-state index contributed by atoms with van der Waals surface area (Å²) in [5.74, 6) is 1.11. The summed E-state index contributed by atoms with van der Waals surface area (Å²) in [5.41, 5.74) is 2.24. The highest BCUT2D eigenvalue weighted by atomic mass is 32.2. The van der Waals surface area contributed by atoms with Crippen LogP contribution in [0.1, 0.15) is 50.2 Å². The van der Waals surface area contributed by atoms with Crippen LogP contribution in [-0.4, -0.2) is 34.6 Å². The van der Waals surface area contributed by atoms with Gasteiger partial charge in [-0.3, -0.25) is 9.59 Å². The molecule has 0 saturated heterocycles. The van der Waals surface area contributed by atoms with Crippen molar-refractivity contribution in [3.05, 3.63) is 71.8 Å². The van der Waals surface area contributed by atoms with E-state index in [1.807, 2.05) is 55.5 Å². The third-order valence-corrected chi connectivity index (χ3v) is 6.64. The third kappa shape index (κ3) is 6.91. The number of benzene rings is 2. The molecular weight excluding hydrogens is 392 g/mol. The number of carbonyl (C=O) groups excluding carboxylic acids is 2. The largest absolute Gasteiger partial charge is 0.352 e. The summed E-state index contributed by atoms with van der Waals surface area (Å²) in [6.07, 6.45) is 5.67. The lowest BCUT2D eigenvalue weighted by Gasteiger charge is -2.31. The molecule has 30 heavy (non-hydrogen) atoms. The zero-order valence-electron chi connectivity index (χ0n) is 17.8. The standard InChI is InChI=1S/C25H32N2O2S/c1-20(25(29)26-23-15-9-4-10-16-23)27(17-21-11-5-2-6-12-21)24(28)19-30-18-22-13-7-3-8-14-22/h2-3,5-8,11-14,20,23H,4,9-10,15-19H2,1H3,(H,26,29)/t20-/m0/s1. The molecule has 1 aliphatic carbocycles. The minimum absolute atomic E-state index is 0.00563. The van der Waals surface area contributed by atoms with Crippen molar-refractivity contribution in [3.63, 3.8) is 0 Å². The number of hydrogen-bond donors (Lipinski definition) is 1. The van der Waals surface area contributed by atoms with Crippen LogP contribution in [-0.2, 0) is 21.9 Å². The van der Waals surface area contributed by atoms with E-state index in [1.54, 1.807) is 16.7 Å². The first kappa shape index (κ1) is 22.4. The lowest BCUT2D eigenvalue weighted by Crippen LogP contribution is -2.50. The van der Waals surface area contributed by atoms with Gasteiger partial charge in [0.05, 0.1) is 5.75 Å². The Morgan fingerprint density at radius 1 is 0.967 bits per heavy atom. The van der Waals surface area contributed by atoms with Crippen LogP contribution in [0.5, 0.6) is 0 Å². The van der Waals surface area contributed by atoms with Crippen molar-refractivity contribution in [2.75, 3.05) is 5.75 Å². The maximum Gasteiger partial charge on any atom is 0.242 e. The highest BCUT2D eigenvalue weighted by molar-refractivity contribution is 7.99. The van der Waals surface area contributed by atoms with Crippen LogP contribution in [0, 0.1) is 0 Å². The van der Waals surface area contributed by atoms with E-state index in [-0.39, 0.29) is 17.9 Å². The van der Waals surface area contributed by atoms with Gasteiger partial charge in [0.2, 0.25) is 11.8 Å². The summed E-state index contributed by atoms with van der Waals surface area (Å²) in [7, 11) is 0. The number of rotatable bonds is 9. The van der Waals surface area contributed by atoms with E-state index in [9.17, 15) is 9.59 Å². The molecular formula is C25H32N2O2S. The van der Waals surface area contributed by atoms with Crippen LogP contribution in [0.25, 0.3) is 0 Å². The maximum absolute atomic E-state index is 13.1. The first-order chi connectivity index (χ1) is 14.6. The van der Waals surface area contributed by atoms with E-state index in [2.05, 4.69) is 17.4 Å². The molecule has 0 heterocycles. The Labute approximate surface area is 184 Å². The van der Waals surface area contributed by atoms with Crippen molar-refractivity contribution in [1.29, 1.82) is 0 Å². The molecule has 2 amide bonds. The first-order valence-corrected chi connectivity index (χ1v) is 12.0. The molecule has 0 radical (unpaired) electrons. The highest BCUT2D eigenvalue weighted by Gasteiger charge is 2.27. The minimum atomic E-state index is -0.489. The summed E-state index contributed by atoms with van der Waals surface area (Å²) in [4.78, 5) is 27.8. The molecule has 0 bridgehead atoms. The quantitative estimate of drug-likeness (QED) is 0.630. The Hall–Kier alpha value is -2.27. The van der Waals surface area contributed by atoms with E-state index in [0.29, 0.717) is 12.3 Å². The van der Waals surface area contributed by atoms with Crippen molar-refractivity contribution >= 4 is 23.6 Å². The van der Waals surface area contributed by atoms with Gasteiger partial charge in [-0.05, 0) is 30.9 Å². The van der Waals surface area contributed by atoms with E-state index in [1.165, 1.54) is 24.8 Å². The van der Waals surface area contributed by atoms with Gasteiger partial charge >= 0.3 is 0 Å². The molecule has 0 aromatic heterocycles. The molecule has 2 aromatic carbocycles. The molecule has 0 unspecified atom stereocenters. The van der Waals surface area contributed by atoms with Crippen LogP contribution in [0.15, 0.2) is 60.7 Å². The highest BCUT2D eigenvalue weighted by Crippen LogP contribution is 2.19. The summed E-state index contributed by atoms with van der Waals surface area (Å²) in [6.45, 7) is 2.30. The van der Waals surface area contributed by atoms with Crippen LogP contribution in [0.2, 0.25) is 0 Å². The minimum Gasteiger partial charge on any atom is -0.352 e. The lowest BCUT2D eigenvalue weighted by molar-refractivity contribution is -0.139. The second-order valence-corrected chi connectivity index (χ2v) is 8.99. The Kier molecular flexibility index (Phi) is 8.81. The van der Waals surface area contributed by atoms with Gasteiger partial charge < -0.3 is 10.2 Å². The van der Waals surface area contributed by atoms with E-state index < -0.39 is 6.04 Å². The molecule has 160 valence electrons. The second-order valence-electron chi connectivity index (χ2n) is 8.01. The number of nitrogens with zero attached hydrogens (tertiary/aromatic N) is 1. The maximum atomic E-state index is 13.1. The first-order valence-electron chi connectivity index (χ1n) is 10.9. The molecule has 0 spiro atoms. The lowest BCUT2D eigenvalue weighted by atomic mass is 9.95. The van der Waals surface area contributed by atoms with Gasteiger partial charge in [0, 0.05) is 18.3 Å². The van der Waals surface area contributed by atoms with Crippen molar-refractivity contribution in [2.24, 2.45) is 0 Å². The average Bonchev–Trinajstić information content (AvgIpc) is 2.79. The van der Waals surface area contributed by atoms with E-state index in [4.69, 9.17) is 0 Å². The summed E-state index contributed by atoms with van der Waals surface area (Å²) in [5, 5.41) is 3.18. The Balaban J connectivity index is 1.62. The zero-order valence-corrected chi connectivity index (χ0v) is 18.6. The Morgan fingerprint density at radius 2 is 1.57 bits per heavy atom. The number of carbonyl (C=O) groups is 2. The molecule has 0 aliphatic heterocycles. The molecule has 3 rings (SSSR count).